The number of hydrogen-bond acceptors (Lipinski definition) is 3. The molecule has 1 saturated carbocycles. The Balaban J connectivity index is 1.44. The largest absolute Gasteiger partial charge is 0.377 e. The van der Waals surface area contributed by atoms with Crippen LogP contribution >= 0.6 is 0 Å². The van der Waals surface area contributed by atoms with Crippen molar-refractivity contribution in [3.05, 3.63) is 0 Å². The lowest BCUT2D eigenvalue weighted by Crippen LogP contribution is -2.33. The Bertz CT molecular complexity index is 188. The van der Waals surface area contributed by atoms with E-state index in [0.717, 1.165) is 38.3 Å². The molecule has 1 aliphatic heterocycles. The predicted octanol–water partition coefficient (Wildman–Crippen LogP) is 1.96. The van der Waals surface area contributed by atoms with Crippen LogP contribution in [0.25, 0.3) is 0 Å². The molecule has 1 N–H and O–H groups in total. The van der Waals surface area contributed by atoms with Crippen LogP contribution in [-0.2, 0) is 9.47 Å². The number of nitrogens with one attached hydrogen (secondary N) is 1. The molecule has 2 atom stereocenters. The van der Waals surface area contributed by atoms with Crippen LogP contribution in [0.2, 0.25) is 0 Å². The van der Waals surface area contributed by atoms with Gasteiger partial charge in [-0.15, -0.1) is 0 Å². The van der Waals surface area contributed by atoms with Crippen molar-refractivity contribution in [1.82, 2.24) is 5.32 Å². The zero-order valence-corrected chi connectivity index (χ0v) is 10.4. The van der Waals surface area contributed by atoms with Gasteiger partial charge in [0.1, 0.15) is 0 Å². The van der Waals surface area contributed by atoms with Gasteiger partial charge in [0, 0.05) is 19.2 Å². The van der Waals surface area contributed by atoms with E-state index in [2.05, 4.69) is 12.2 Å². The van der Waals surface area contributed by atoms with Gasteiger partial charge in [-0.25, -0.2) is 0 Å². The molecule has 0 radical (unpaired) electrons. The van der Waals surface area contributed by atoms with Crippen LogP contribution in [0.1, 0.15) is 39.0 Å². The predicted molar refractivity (Wildman–Crippen MR) is 64.6 cm³/mol. The maximum absolute atomic E-state index is 5.63. The first-order valence-corrected chi connectivity index (χ1v) is 6.83. The molecule has 0 aromatic rings. The molecule has 1 heterocycles. The molecule has 1 saturated heterocycles. The number of hydrogen-bond donors (Lipinski definition) is 1. The summed E-state index contributed by atoms with van der Waals surface area (Å²) in [4.78, 5) is 0. The summed E-state index contributed by atoms with van der Waals surface area (Å²) in [6.45, 7) is 5.78. The van der Waals surface area contributed by atoms with E-state index in [1.54, 1.807) is 0 Å². The van der Waals surface area contributed by atoms with Crippen molar-refractivity contribution in [3.8, 4) is 0 Å². The van der Waals surface area contributed by atoms with Crippen molar-refractivity contribution in [1.29, 1.82) is 0 Å². The molecule has 94 valence electrons. The van der Waals surface area contributed by atoms with E-state index in [1.165, 1.54) is 32.1 Å². The molecule has 1 aliphatic carbocycles. The van der Waals surface area contributed by atoms with Gasteiger partial charge in [0.05, 0.1) is 19.3 Å². The molecule has 2 rings (SSSR count). The van der Waals surface area contributed by atoms with E-state index in [9.17, 15) is 0 Å². The summed E-state index contributed by atoms with van der Waals surface area (Å²) in [5.74, 6) is 0.947. The number of ether oxygens (including phenoxy) is 2. The summed E-state index contributed by atoms with van der Waals surface area (Å²) in [6, 6.07) is 0.728. The monoisotopic (exact) mass is 227 g/mol. The SMILES string of the molecule is CCC(NCCOCC1CCCO1)C1CC1. The van der Waals surface area contributed by atoms with E-state index in [1.807, 2.05) is 0 Å². The third kappa shape index (κ3) is 4.04. The Morgan fingerprint density at radius 1 is 1.38 bits per heavy atom. The topological polar surface area (TPSA) is 30.5 Å². The maximum Gasteiger partial charge on any atom is 0.0809 e. The summed E-state index contributed by atoms with van der Waals surface area (Å²) >= 11 is 0. The summed E-state index contributed by atoms with van der Waals surface area (Å²) in [5, 5.41) is 3.59. The summed E-state index contributed by atoms with van der Waals surface area (Å²) in [6.07, 6.45) is 6.82. The van der Waals surface area contributed by atoms with E-state index < -0.39 is 0 Å². The van der Waals surface area contributed by atoms with Crippen LogP contribution in [0.4, 0.5) is 0 Å². The zero-order valence-electron chi connectivity index (χ0n) is 10.4. The fourth-order valence-corrected chi connectivity index (χ4v) is 2.45. The molecule has 0 amide bonds. The van der Waals surface area contributed by atoms with Crippen LogP contribution < -0.4 is 5.32 Å². The second-order valence-electron chi connectivity index (χ2n) is 5.02. The van der Waals surface area contributed by atoms with E-state index in [4.69, 9.17) is 9.47 Å². The molecule has 3 heteroatoms. The van der Waals surface area contributed by atoms with Crippen molar-refractivity contribution < 1.29 is 9.47 Å². The van der Waals surface area contributed by atoms with E-state index in [-0.39, 0.29) is 0 Å². The average Bonchev–Trinajstić information content (AvgIpc) is 3.01. The third-order valence-electron chi connectivity index (χ3n) is 3.61. The Morgan fingerprint density at radius 2 is 2.25 bits per heavy atom. The highest BCUT2D eigenvalue weighted by atomic mass is 16.5. The fraction of sp³-hybridized carbons (Fsp3) is 1.00. The first-order valence-electron chi connectivity index (χ1n) is 6.83. The molecular formula is C13H25NO2. The second kappa shape index (κ2) is 6.58. The van der Waals surface area contributed by atoms with Crippen molar-refractivity contribution >= 4 is 0 Å². The zero-order chi connectivity index (χ0) is 11.2. The highest BCUT2D eigenvalue weighted by molar-refractivity contribution is 4.85. The van der Waals surface area contributed by atoms with Gasteiger partial charge in [0.2, 0.25) is 0 Å². The Morgan fingerprint density at radius 3 is 2.88 bits per heavy atom. The van der Waals surface area contributed by atoms with Crippen molar-refractivity contribution in [2.75, 3.05) is 26.4 Å². The van der Waals surface area contributed by atoms with Gasteiger partial charge in [0.15, 0.2) is 0 Å². The van der Waals surface area contributed by atoms with Gasteiger partial charge in [-0.3, -0.25) is 0 Å². The molecule has 0 bridgehead atoms. The third-order valence-corrected chi connectivity index (χ3v) is 3.61. The first kappa shape index (κ1) is 12.3. The Kier molecular flexibility index (Phi) is 5.07. The van der Waals surface area contributed by atoms with Gasteiger partial charge in [0.25, 0.3) is 0 Å². The normalized spacial score (nSPS) is 27.2. The standard InChI is InChI=1S/C13H25NO2/c1-2-13(11-5-6-11)14-7-9-15-10-12-4-3-8-16-12/h11-14H,2-10H2,1H3. The molecule has 2 fully saturated rings. The molecule has 0 aromatic carbocycles. The van der Waals surface area contributed by atoms with Crippen LogP contribution in [-0.4, -0.2) is 38.5 Å². The molecule has 16 heavy (non-hydrogen) atoms. The van der Waals surface area contributed by atoms with Gasteiger partial charge in [-0.05, 0) is 38.0 Å². The van der Waals surface area contributed by atoms with Crippen LogP contribution in [0.15, 0.2) is 0 Å². The highest BCUT2D eigenvalue weighted by Gasteiger charge is 2.29. The Hall–Kier alpha value is -0.120. The molecular weight excluding hydrogens is 202 g/mol. The average molecular weight is 227 g/mol. The minimum atomic E-state index is 0.366. The molecule has 3 nitrogen and oxygen atoms in total. The summed E-state index contributed by atoms with van der Waals surface area (Å²) in [7, 11) is 0. The van der Waals surface area contributed by atoms with Crippen molar-refractivity contribution in [2.45, 2.75) is 51.2 Å². The first-order chi connectivity index (χ1) is 7.90. The van der Waals surface area contributed by atoms with Gasteiger partial charge in [-0.2, -0.15) is 0 Å². The van der Waals surface area contributed by atoms with E-state index in [0.29, 0.717) is 6.10 Å². The minimum absolute atomic E-state index is 0.366. The second-order valence-corrected chi connectivity index (χ2v) is 5.02. The quantitative estimate of drug-likeness (QED) is 0.643. The number of rotatable bonds is 8. The molecule has 0 spiro atoms. The smallest absolute Gasteiger partial charge is 0.0809 e. The lowest BCUT2D eigenvalue weighted by Gasteiger charge is -2.16. The van der Waals surface area contributed by atoms with Crippen molar-refractivity contribution in [2.24, 2.45) is 5.92 Å². The van der Waals surface area contributed by atoms with Crippen LogP contribution in [0.5, 0.6) is 0 Å². The lowest BCUT2D eigenvalue weighted by molar-refractivity contribution is 0.0177. The Labute approximate surface area is 98.9 Å². The van der Waals surface area contributed by atoms with Crippen LogP contribution in [0.3, 0.4) is 0 Å². The lowest BCUT2D eigenvalue weighted by atomic mass is 10.1. The van der Waals surface area contributed by atoms with Crippen LogP contribution in [0, 0.1) is 5.92 Å². The fourth-order valence-electron chi connectivity index (χ4n) is 2.45. The maximum atomic E-state index is 5.63. The molecule has 2 unspecified atom stereocenters. The molecule has 0 aromatic heterocycles. The van der Waals surface area contributed by atoms with Gasteiger partial charge in [-0.1, -0.05) is 6.92 Å². The highest BCUT2D eigenvalue weighted by Crippen LogP contribution is 2.33. The van der Waals surface area contributed by atoms with Gasteiger partial charge < -0.3 is 14.8 Å². The summed E-state index contributed by atoms with van der Waals surface area (Å²) < 4.78 is 11.1. The minimum Gasteiger partial charge on any atom is -0.377 e. The van der Waals surface area contributed by atoms with Gasteiger partial charge >= 0.3 is 0 Å². The summed E-state index contributed by atoms with van der Waals surface area (Å²) in [5.41, 5.74) is 0. The molecule has 2 aliphatic rings. The van der Waals surface area contributed by atoms with Crippen molar-refractivity contribution in [3.63, 3.8) is 0 Å². The van der Waals surface area contributed by atoms with E-state index >= 15 is 0 Å².